The molecule has 1 unspecified atom stereocenters. The van der Waals surface area contributed by atoms with Crippen LogP contribution in [0.25, 0.3) is 0 Å². The molecular weight excluding hydrogens is 312 g/mol. The van der Waals surface area contributed by atoms with Crippen molar-refractivity contribution in [1.82, 2.24) is 9.97 Å². The highest BCUT2D eigenvalue weighted by atomic mass is 16.5. The summed E-state index contributed by atoms with van der Waals surface area (Å²) in [6, 6.07) is 16.0. The Balaban J connectivity index is 1.61. The maximum Gasteiger partial charge on any atom is 0.163 e. The van der Waals surface area contributed by atoms with Gasteiger partial charge in [-0.2, -0.15) is 0 Å². The number of carbonyl (C=O) groups excluding carboxylic acids is 1. The van der Waals surface area contributed by atoms with Crippen LogP contribution in [0.5, 0.6) is 5.75 Å². The number of hydrogen-bond donors (Lipinski definition) is 1. The van der Waals surface area contributed by atoms with Gasteiger partial charge >= 0.3 is 0 Å². The van der Waals surface area contributed by atoms with Crippen molar-refractivity contribution in [2.45, 2.75) is 31.8 Å². The number of H-pyrrole nitrogens is 1. The minimum Gasteiger partial charge on any atom is -0.485 e. The summed E-state index contributed by atoms with van der Waals surface area (Å²) in [7, 11) is 0. The third-order valence-corrected chi connectivity index (χ3v) is 4.61. The predicted octanol–water partition coefficient (Wildman–Crippen LogP) is 4.29. The van der Waals surface area contributed by atoms with Gasteiger partial charge in [0.1, 0.15) is 17.7 Å². The normalized spacial score (nSPS) is 14.8. The fraction of sp³-hybridized carbons (Fsp3) is 0.238. The van der Waals surface area contributed by atoms with Gasteiger partial charge in [-0.15, -0.1) is 0 Å². The Morgan fingerprint density at radius 1 is 1.12 bits per heavy atom. The fourth-order valence-corrected chi connectivity index (χ4v) is 3.34. The highest BCUT2D eigenvalue weighted by Crippen LogP contribution is 2.29. The lowest BCUT2D eigenvalue weighted by molar-refractivity contribution is 0.0972. The van der Waals surface area contributed by atoms with Crippen molar-refractivity contribution in [3.63, 3.8) is 0 Å². The number of hydrogen-bond acceptors (Lipinski definition) is 3. The van der Waals surface area contributed by atoms with Gasteiger partial charge in [-0.1, -0.05) is 30.3 Å². The first kappa shape index (κ1) is 15.6. The number of aromatic nitrogens is 2. The smallest absolute Gasteiger partial charge is 0.163 e. The zero-order valence-corrected chi connectivity index (χ0v) is 13.9. The van der Waals surface area contributed by atoms with Crippen LogP contribution in [-0.4, -0.2) is 15.8 Å². The van der Waals surface area contributed by atoms with Gasteiger partial charge in [0.15, 0.2) is 5.78 Å². The van der Waals surface area contributed by atoms with Gasteiger partial charge < -0.3 is 9.72 Å². The number of nitrogens with one attached hydrogen (secondary N) is 1. The summed E-state index contributed by atoms with van der Waals surface area (Å²) in [6.45, 7) is 0. The zero-order chi connectivity index (χ0) is 17.1. The van der Waals surface area contributed by atoms with Gasteiger partial charge in [0.05, 0.1) is 0 Å². The highest BCUT2D eigenvalue weighted by Gasteiger charge is 2.20. The molecule has 0 amide bonds. The molecule has 0 fully saturated rings. The lowest BCUT2D eigenvalue weighted by Gasteiger charge is -2.21. The summed E-state index contributed by atoms with van der Waals surface area (Å²) in [5.74, 6) is 1.93. The summed E-state index contributed by atoms with van der Waals surface area (Å²) in [4.78, 5) is 19.5. The van der Waals surface area contributed by atoms with Crippen LogP contribution >= 0.6 is 0 Å². The van der Waals surface area contributed by atoms with E-state index in [9.17, 15) is 4.79 Å². The first-order chi connectivity index (χ1) is 12.3. The lowest BCUT2D eigenvalue weighted by atomic mass is 9.90. The number of imidazole rings is 1. The number of Topliss-reactive ketones (excluding diaryl/α,β-unsaturated/α-hetero) is 1. The van der Waals surface area contributed by atoms with E-state index in [0.29, 0.717) is 12.8 Å². The third kappa shape index (κ3) is 3.48. The molecule has 0 bridgehead atoms. The Kier molecular flexibility index (Phi) is 4.34. The standard InChI is InChI=1S/C21H20N2O2/c24-19-8-4-7-16-13-17(9-10-18(16)19)25-20(14-21-22-11-12-23-21)15-5-2-1-3-6-15/h1-3,5-6,9-13,20H,4,7-8,14H2,(H,22,23). The van der Waals surface area contributed by atoms with Crippen LogP contribution in [-0.2, 0) is 12.8 Å². The first-order valence-corrected chi connectivity index (χ1v) is 8.65. The van der Waals surface area contributed by atoms with Crippen molar-refractivity contribution >= 4 is 5.78 Å². The number of nitrogens with zero attached hydrogens (tertiary/aromatic N) is 1. The van der Waals surface area contributed by atoms with E-state index in [1.807, 2.05) is 42.6 Å². The predicted molar refractivity (Wildman–Crippen MR) is 95.8 cm³/mol. The second-order valence-corrected chi connectivity index (χ2v) is 6.35. The largest absolute Gasteiger partial charge is 0.485 e. The van der Waals surface area contributed by atoms with E-state index in [2.05, 4.69) is 22.1 Å². The Morgan fingerprint density at radius 2 is 2.00 bits per heavy atom. The molecule has 1 aliphatic carbocycles. The molecule has 25 heavy (non-hydrogen) atoms. The van der Waals surface area contributed by atoms with Crippen molar-refractivity contribution in [1.29, 1.82) is 0 Å². The van der Waals surface area contributed by atoms with Gasteiger partial charge in [0, 0.05) is 30.8 Å². The minimum atomic E-state index is -0.135. The summed E-state index contributed by atoms with van der Waals surface area (Å²) >= 11 is 0. The maximum atomic E-state index is 12.0. The Hall–Kier alpha value is -2.88. The highest BCUT2D eigenvalue weighted by molar-refractivity contribution is 5.98. The van der Waals surface area contributed by atoms with Crippen molar-refractivity contribution in [3.8, 4) is 5.75 Å². The van der Waals surface area contributed by atoms with Crippen LogP contribution in [0.2, 0.25) is 0 Å². The molecule has 4 rings (SSSR count). The minimum absolute atomic E-state index is 0.135. The van der Waals surface area contributed by atoms with E-state index < -0.39 is 0 Å². The maximum absolute atomic E-state index is 12.0. The van der Waals surface area contributed by atoms with Crippen LogP contribution in [0.4, 0.5) is 0 Å². The Morgan fingerprint density at radius 3 is 2.80 bits per heavy atom. The monoisotopic (exact) mass is 332 g/mol. The van der Waals surface area contributed by atoms with Crippen molar-refractivity contribution in [2.24, 2.45) is 0 Å². The van der Waals surface area contributed by atoms with E-state index >= 15 is 0 Å². The molecule has 0 saturated carbocycles. The van der Waals surface area contributed by atoms with Gasteiger partial charge in [-0.05, 0) is 42.2 Å². The van der Waals surface area contributed by atoms with Crippen molar-refractivity contribution < 1.29 is 9.53 Å². The summed E-state index contributed by atoms with van der Waals surface area (Å²) in [5.41, 5.74) is 3.05. The average Bonchev–Trinajstić information content (AvgIpc) is 3.15. The number of benzene rings is 2. The van der Waals surface area contributed by atoms with Crippen LogP contribution in [0.15, 0.2) is 60.9 Å². The number of carbonyl (C=O) groups is 1. The van der Waals surface area contributed by atoms with Crippen LogP contribution in [0.1, 0.15) is 46.3 Å². The number of fused-ring (bicyclic) bond motifs is 1. The quantitative estimate of drug-likeness (QED) is 0.758. The summed E-state index contributed by atoms with van der Waals surface area (Å²) < 4.78 is 6.30. The molecule has 1 N–H and O–H groups in total. The van der Waals surface area contributed by atoms with Crippen LogP contribution < -0.4 is 4.74 Å². The summed E-state index contributed by atoms with van der Waals surface area (Å²) in [5, 5.41) is 0. The molecule has 4 nitrogen and oxygen atoms in total. The molecule has 0 spiro atoms. The van der Waals surface area contributed by atoms with Gasteiger partial charge in [0.25, 0.3) is 0 Å². The first-order valence-electron chi connectivity index (χ1n) is 8.65. The molecule has 0 radical (unpaired) electrons. The van der Waals surface area contributed by atoms with E-state index in [-0.39, 0.29) is 11.9 Å². The second-order valence-electron chi connectivity index (χ2n) is 6.35. The lowest BCUT2D eigenvalue weighted by Crippen LogP contribution is -2.14. The molecule has 3 aromatic rings. The molecule has 1 aliphatic rings. The molecule has 126 valence electrons. The van der Waals surface area contributed by atoms with Gasteiger partial charge in [-0.25, -0.2) is 4.98 Å². The van der Waals surface area contributed by atoms with E-state index in [0.717, 1.165) is 41.1 Å². The van der Waals surface area contributed by atoms with Crippen LogP contribution in [0, 0.1) is 0 Å². The second kappa shape index (κ2) is 6.93. The SMILES string of the molecule is O=C1CCCc2cc(OC(Cc3ncc[nH]3)c3ccccc3)ccc21. The van der Waals surface area contributed by atoms with E-state index in [1.165, 1.54) is 0 Å². The summed E-state index contributed by atoms with van der Waals surface area (Å²) in [6.07, 6.45) is 6.61. The number of rotatable bonds is 5. The molecule has 0 aliphatic heterocycles. The molecule has 1 heterocycles. The molecule has 1 aromatic heterocycles. The Labute approximate surface area is 146 Å². The third-order valence-electron chi connectivity index (χ3n) is 4.61. The number of ketones is 1. The van der Waals surface area contributed by atoms with Crippen molar-refractivity contribution in [3.05, 3.63) is 83.4 Å². The van der Waals surface area contributed by atoms with Crippen LogP contribution in [0.3, 0.4) is 0 Å². The molecule has 2 aromatic carbocycles. The van der Waals surface area contributed by atoms with Gasteiger partial charge in [-0.3, -0.25) is 4.79 Å². The van der Waals surface area contributed by atoms with E-state index in [4.69, 9.17) is 4.74 Å². The molecule has 1 atom stereocenters. The fourth-order valence-electron chi connectivity index (χ4n) is 3.34. The van der Waals surface area contributed by atoms with Crippen molar-refractivity contribution in [2.75, 3.05) is 0 Å². The molecule has 0 saturated heterocycles. The number of aryl methyl sites for hydroxylation is 1. The topological polar surface area (TPSA) is 55.0 Å². The van der Waals surface area contributed by atoms with E-state index in [1.54, 1.807) is 6.20 Å². The molecule has 4 heteroatoms. The average molecular weight is 332 g/mol. The number of ether oxygens (including phenoxy) is 1. The number of aromatic amines is 1. The van der Waals surface area contributed by atoms with Gasteiger partial charge in [0.2, 0.25) is 0 Å². The Bertz CT molecular complexity index is 857. The zero-order valence-electron chi connectivity index (χ0n) is 13.9. The molecular formula is C21H20N2O2.